The molecular weight excluding hydrogens is 476 g/mol. The Morgan fingerprint density at radius 2 is 1.78 bits per heavy atom. The first kappa shape index (κ1) is 28.7. The third-order valence-electron chi connectivity index (χ3n) is 6.31. The van der Waals surface area contributed by atoms with Gasteiger partial charge in [-0.15, -0.1) is 0 Å². The topological polar surface area (TPSA) is 50.6 Å². The fourth-order valence-corrected chi connectivity index (χ4v) is 4.81. The normalized spacial score (nSPS) is 11.7. The van der Waals surface area contributed by atoms with Crippen LogP contribution in [0.2, 0.25) is 25.7 Å². The van der Waals surface area contributed by atoms with Crippen LogP contribution in [0.4, 0.5) is 11.4 Å². The third-order valence-corrected chi connectivity index (χ3v) is 8.01. The van der Waals surface area contributed by atoms with Crippen LogP contribution in [0.15, 0.2) is 61.1 Å². The summed E-state index contributed by atoms with van der Waals surface area (Å²) in [5.41, 5.74) is 4.88. The van der Waals surface area contributed by atoms with Crippen molar-refractivity contribution in [3.8, 4) is 0 Å². The number of anilines is 2. The maximum Gasteiger partial charge on any atom is 0.258 e. The summed E-state index contributed by atoms with van der Waals surface area (Å²) < 4.78 is 7.85. The van der Waals surface area contributed by atoms with Crippen LogP contribution in [0, 0.1) is 5.92 Å². The molecule has 0 unspecified atom stereocenters. The summed E-state index contributed by atoms with van der Waals surface area (Å²) in [6.45, 7) is 16.1. The van der Waals surface area contributed by atoms with Gasteiger partial charge in [-0.2, -0.15) is 0 Å². The molecule has 0 aliphatic carbocycles. The van der Waals surface area contributed by atoms with E-state index in [0.717, 1.165) is 36.1 Å². The zero-order chi connectivity index (χ0) is 27.0. The van der Waals surface area contributed by atoms with Crippen LogP contribution in [0.5, 0.6) is 0 Å². The van der Waals surface area contributed by atoms with Gasteiger partial charge in [0.15, 0.2) is 0 Å². The Balaban J connectivity index is 1.69. The number of hydrogen-bond donors (Lipinski definition) is 0. The Morgan fingerprint density at radius 3 is 2.43 bits per heavy atom. The monoisotopic (exact) mass is 520 g/mol. The summed E-state index contributed by atoms with van der Waals surface area (Å²) in [4.78, 5) is 22.1. The summed E-state index contributed by atoms with van der Waals surface area (Å²) in [5.74, 6) is 0.376. The Bertz CT molecular complexity index is 1130. The van der Waals surface area contributed by atoms with Gasteiger partial charge in [0.2, 0.25) is 0 Å². The number of aromatic nitrogens is 2. The Labute approximate surface area is 224 Å². The van der Waals surface area contributed by atoms with Gasteiger partial charge in [0.1, 0.15) is 6.73 Å². The minimum absolute atomic E-state index is 0.0315. The summed E-state index contributed by atoms with van der Waals surface area (Å²) in [7, 11) is 0.973. The lowest BCUT2D eigenvalue weighted by Gasteiger charge is -2.27. The van der Waals surface area contributed by atoms with Crippen LogP contribution in [-0.2, 0) is 24.4 Å². The quantitative estimate of drug-likeness (QED) is 0.186. The lowest BCUT2D eigenvalue weighted by Crippen LogP contribution is -2.34. The SMILES string of the molecule is CCc1ccc(C(=O)N(CC(C)C)c2cccc(N(C)Cc3cn(COCC[Si](C)(C)C)cn3)c2)cc1. The molecule has 0 saturated heterocycles. The number of benzene rings is 2. The van der Waals surface area contributed by atoms with Gasteiger partial charge in [-0.1, -0.05) is 58.6 Å². The number of carbonyl (C=O) groups excluding carboxylic acids is 1. The van der Waals surface area contributed by atoms with Crippen LogP contribution in [0.1, 0.15) is 42.4 Å². The zero-order valence-electron chi connectivity index (χ0n) is 23.7. The predicted octanol–water partition coefficient (Wildman–Crippen LogP) is 6.70. The maximum atomic E-state index is 13.5. The zero-order valence-corrected chi connectivity index (χ0v) is 24.7. The van der Waals surface area contributed by atoms with Crippen LogP contribution in [0.3, 0.4) is 0 Å². The van der Waals surface area contributed by atoms with E-state index in [1.165, 1.54) is 5.56 Å². The van der Waals surface area contributed by atoms with Gasteiger partial charge in [-0.3, -0.25) is 4.79 Å². The fourth-order valence-electron chi connectivity index (χ4n) is 4.05. The molecule has 1 amide bonds. The Kier molecular flexibility index (Phi) is 10.1. The maximum absolute atomic E-state index is 13.5. The second-order valence-corrected chi connectivity index (χ2v) is 17.1. The van der Waals surface area contributed by atoms with E-state index in [0.29, 0.717) is 31.3 Å². The molecule has 0 saturated carbocycles. The number of rotatable bonds is 13. The standard InChI is InChI=1S/C30H44N4O2Si/c1-8-25-12-14-26(15-13-25)30(35)34(19-24(2)3)29-11-9-10-28(18-29)32(4)20-27-21-33(22-31-27)23-36-16-17-37(5,6)7/h9-15,18,21-22,24H,8,16-17,19-20,23H2,1-7H3. The molecule has 3 rings (SSSR count). The molecule has 0 aliphatic heterocycles. The number of aryl methyl sites for hydroxylation is 1. The van der Waals surface area contributed by atoms with Gasteiger partial charge >= 0.3 is 0 Å². The molecule has 1 heterocycles. The van der Waals surface area contributed by atoms with Crippen molar-refractivity contribution in [1.82, 2.24) is 9.55 Å². The molecule has 2 aromatic carbocycles. The number of nitrogens with zero attached hydrogens (tertiary/aromatic N) is 4. The summed E-state index contributed by atoms with van der Waals surface area (Å²) in [5, 5.41) is 0. The van der Waals surface area contributed by atoms with E-state index in [-0.39, 0.29) is 5.91 Å². The molecule has 0 fully saturated rings. The third kappa shape index (κ3) is 8.86. The van der Waals surface area contributed by atoms with E-state index in [4.69, 9.17) is 4.74 Å². The molecule has 37 heavy (non-hydrogen) atoms. The highest BCUT2D eigenvalue weighted by molar-refractivity contribution is 6.76. The molecule has 0 N–H and O–H groups in total. The van der Waals surface area contributed by atoms with E-state index >= 15 is 0 Å². The first-order valence-corrected chi connectivity index (χ1v) is 17.1. The van der Waals surface area contributed by atoms with Crippen molar-refractivity contribution in [1.29, 1.82) is 0 Å². The van der Waals surface area contributed by atoms with Gasteiger partial charge < -0.3 is 19.1 Å². The van der Waals surface area contributed by atoms with E-state index < -0.39 is 8.07 Å². The summed E-state index contributed by atoms with van der Waals surface area (Å²) in [6, 6.07) is 17.3. The molecular formula is C30H44N4O2Si. The molecule has 0 aliphatic rings. The van der Waals surface area contributed by atoms with Crippen molar-refractivity contribution < 1.29 is 9.53 Å². The van der Waals surface area contributed by atoms with Crippen molar-refractivity contribution in [2.24, 2.45) is 5.92 Å². The average molecular weight is 521 g/mol. The first-order valence-electron chi connectivity index (χ1n) is 13.4. The average Bonchev–Trinajstić information content (AvgIpc) is 3.31. The molecule has 0 atom stereocenters. The highest BCUT2D eigenvalue weighted by Crippen LogP contribution is 2.25. The minimum Gasteiger partial charge on any atom is -0.369 e. The van der Waals surface area contributed by atoms with Crippen molar-refractivity contribution in [2.75, 3.05) is 30.0 Å². The van der Waals surface area contributed by atoms with Gasteiger partial charge in [0, 0.05) is 51.4 Å². The van der Waals surface area contributed by atoms with E-state index in [1.807, 2.05) is 58.4 Å². The number of amides is 1. The largest absolute Gasteiger partial charge is 0.369 e. The molecule has 1 aromatic heterocycles. The van der Waals surface area contributed by atoms with Gasteiger partial charge in [0.05, 0.1) is 18.6 Å². The Morgan fingerprint density at radius 1 is 1.08 bits per heavy atom. The van der Waals surface area contributed by atoms with Crippen LogP contribution < -0.4 is 9.80 Å². The molecule has 0 spiro atoms. The smallest absolute Gasteiger partial charge is 0.258 e. The van der Waals surface area contributed by atoms with Crippen molar-refractivity contribution in [2.45, 2.75) is 66.2 Å². The summed E-state index contributed by atoms with van der Waals surface area (Å²) in [6.07, 6.45) is 4.84. The number of ether oxygens (including phenoxy) is 1. The molecule has 7 heteroatoms. The van der Waals surface area contributed by atoms with Gasteiger partial charge in [-0.25, -0.2) is 4.98 Å². The van der Waals surface area contributed by atoms with E-state index in [2.05, 4.69) is 69.5 Å². The highest BCUT2D eigenvalue weighted by Gasteiger charge is 2.20. The molecule has 200 valence electrons. The molecule has 0 radical (unpaired) electrons. The summed E-state index contributed by atoms with van der Waals surface area (Å²) >= 11 is 0. The van der Waals surface area contributed by atoms with Gasteiger partial charge in [-0.05, 0) is 54.3 Å². The van der Waals surface area contributed by atoms with E-state index in [9.17, 15) is 4.79 Å². The first-order chi connectivity index (χ1) is 17.6. The highest BCUT2D eigenvalue weighted by atomic mass is 28.3. The molecule has 0 bridgehead atoms. The number of hydrogen-bond acceptors (Lipinski definition) is 4. The van der Waals surface area contributed by atoms with Crippen molar-refractivity contribution >= 4 is 25.4 Å². The van der Waals surface area contributed by atoms with Crippen molar-refractivity contribution in [3.63, 3.8) is 0 Å². The minimum atomic E-state index is -1.08. The lowest BCUT2D eigenvalue weighted by molar-refractivity contribution is 0.0871. The number of carbonyl (C=O) groups is 1. The second-order valence-electron chi connectivity index (χ2n) is 11.5. The van der Waals surface area contributed by atoms with Crippen LogP contribution in [0.25, 0.3) is 0 Å². The fraction of sp³-hybridized carbons (Fsp3) is 0.467. The Hall–Kier alpha value is -2.90. The number of imidazole rings is 1. The molecule has 6 nitrogen and oxygen atoms in total. The van der Waals surface area contributed by atoms with Crippen molar-refractivity contribution in [3.05, 3.63) is 77.9 Å². The second kappa shape index (κ2) is 13.1. The lowest BCUT2D eigenvalue weighted by atomic mass is 10.1. The van der Waals surface area contributed by atoms with Gasteiger partial charge in [0.25, 0.3) is 5.91 Å². The van der Waals surface area contributed by atoms with Crippen LogP contribution in [-0.4, -0.2) is 43.7 Å². The molecule has 3 aromatic rings. The predicted molar refractivity (Wildman–Crippen MR) is 157 cm³/mol. The van der Waals surface area contributed by atoms with E-state index in [1.54, 1.807) is 0 Å². The van der Waals surface area contributed by atoms with Crippen LogP contribution >= 0.6 is 0 Å².